The predicted octanol–water partition coefficient (Wildman–Crippen LogP) is 3.48. The number of piperidine rings is 1. The monoisotopic (exact) mass is 464 g/mol. The number of esters is 1. The summed E-state index contributed by atoms with van der Waals surface area (Å²) in [7, 11) is 2.96. The minimum absolute atomic E-state index is 0.0904. The molecule has 0 spiro atoms. The molecule has 1 aliphatic rings. The molecular formula is C26H32N4O4. The molecule has 1 N–H and O–H groups in total. The largest absolute Gasteiger partial charge is 0.497 e. The highest BCUT2D eigenvalue weighted by atomic mass is 16.5. The van der Waals surface area contributed by atoms with Crippen LogP contribution in [-0.4, -0.2) is 65.7 Å². The molecule has 0 unspecified atom stereocenters. The summed E-state index contributed by atoms with van der Waals surface area (Å²) in [4.78, 5) is 33.0. The molecule has 8 heteroatoms. The Balaban J connectivity index is 1.70. The number of amides is 1. The molecule has 1 aliphatic heterocycles. The molecule has 3 aromatic rings. The maximum absolute atomic E-state index is 13.4. The summed E-state index contributed by atoms with van der Waals surface area (Å²) in [5.74, 6) is 0.293. The maximum atomic E-state index is 13.4. The van der Waals surface area contributed by atoms with Gasteiger partial charge >= 0.3 is 5.97 Å². The number of fused-ring (bicyclic) bond motifs is 1. The van der Waals surface area contributed by atoms with Gasteiger partial charge in [-0.05, 0) is 56.5 Å². The average Bonchev–Trinajstić information content (AvgIpc) is 3.22. The molecule has 34 heavy (non-hydrogen) atoms. The van der Waals surface area contributed by atoms with E-state index in [9.17, 15) is 9.59 Å². The van der Waals surface area contributed by atoms with Gasteiger partial charge in [-0.3, -0.25) is 4.79 Å². The molecule has 2 aromatic carbocycles. The van der Waals surface area contributed by atoms with E-state index in [4.69, 9.17) is 9.47 Å². The lowest BCUT2D eigenvalue weighted by Crippen LogP contribution is -2.47. The first-order valence-electron chi connectivity index (χ1n) is 11.7. The van der Waals surface area contributed by atoms with Crippen LogP contribution in [0.4, 0.5) is 0 Å². The van der Waals surface area contributed by atoms with Crippen LogP contribution in [0.3, 0.4) is 0 Å². The molecule has 0 saturated carbocycles. The van der Waals surface area contributed by atoms with Crippen LogP contribution in [0.15, 0.2) is 42.5 Å². The van der Waals surface area contributed by atoms with Gasteiger partial charge in [0.2, 0.25) is 0 Å². The van der Waals surface area contributed by atoms with Crippen molar-refractivity contribution in [3.63, 3.8) is 0 Å². The molecule has 1 saturated heterocycles. The number of carbonyl (C=O) groups excluding carboxylic acids is 2. The van der Waals surface area contributed by atoms with Crippen LogP contribution >= 0.6 is 0 Å². The molecule has 8 nitrogen and oxygen atoms in total. The van der Waals surface area contributed by atoms with E-state index in [1.165, 1.54) is 7.11 Å². The van der Waals surface area contributed by atoms with Crippen LogP contribution in [-0.2, 0) is 11.3 Å². The molecule has 0 bridgehead atoms. The highest BCUT2D eigenvalue weighted by Gasteiger charge is 2.26. The third kappa shape index (κ3) is 4.92. The van der Waals surface area contributed by atoms with Gasteiger partial charge in [-0.1, -0.05) is 18.2 Å². The standard InChI is InChI=1S/C26H32N4O4/c1-17(2)29-13-11-19(12-14-29)27-25(31)24-28-22-10-6-9-21(26(32)34-4)23(22)30(24)16-18-7-5-8-20(15-18)33-3/h5-10,15,17,19H,11-14,16H2,1-4H3,(H,27,31). The predicted molar refractivity (Wildman–Crippen MR) is 130 cm³/mol. The third-order valence-corrected chi connectivity index (χ3v) is 6.44. The van der Waals surface area contributed by atoms with Crippen molar-refractivity contribution in [2.24, 2.45) is 0 Å². The summed E-state index contributed by atoms with van der Waals surface area (Å²) >= 11 is 0. The summed E-state index contributed by atoms with van der Waals surface area (Å²) in [5, 5.41) is 3.18. The Hall–Kier alpha value is -3.39. The Morgan fingerprint density at radius 1 is 1.12 bits per heavy atom. The van der Waals surface area contributed by atoms with E-state index < -0.39 is 5.97 Å². The molecule has 1 fully saturated rings. The van der Waals surface area contributed by atoms with E-state index in [2.05, 4.69) is 29.0 Å². The first-order valence-corrected chi connectivity index (χ1v) is 11.7. The Labute approximate surface area is 199 Å². The van der Waals surface area contributed by atoms with E-state index in [1.807, 2.05) is 30.3 Å². The molecule has 1 amide bonds. The van der Waals surface area contributed by atoms with Gasteiger partial charge in [-0.2, -0.15) is 0 Å². The van der Waals surface area contributed by atoms with Crippen molar-refractivity contribution in [3.8, 4) is 5.75 Å². The SMILES string of the molecule is COC(=O)c1cccc2nc(C(=O)NC3CCN(C(C)C)CC3)n(Cc3cccc(OC)c3)c12. The second-order valence-corrected chi connectivity index (χ2v) is 8.92. The van der Waals surface area contributed by atoms with Gasteiger partial charge in [0, 0.05) is 25.2 Å². The Kier molecular flexibility index (Phi) is 7.17. The first-order chi connectivity index (χ1) is 16.4. The number of rotatable bonds is 7. The topological polar surface area (TPSA) is 85.7 Å². The number of ether oxygens (including phenoxy) is 2. The van der Waals surface area contributed by atoms with Crippen molar-refractivity contribution in [2.45, 2.75) is 45.3 Å². The van der Waals surface area contributed by atoms with Gasteiger partial charge in [0.05, 0.1) is 37.4 Å². The highest BCUT2D eigenvalue weighted by molar-refractivity contribution is 6.04. The Bertz CT molecular complexity index is 1180. The second kappa shape index (κ2) is 10.3. The number of para-hydroxylation sites is 1. The van der Waals surface area contributed by atoms with Crippen LogP contribution in [0.5, 0.6) is 5.75 Å². The summed E-state index contributed by atoms with van der Waals surface area (Å²) in [5.41, 5.74) is 2.46. The zero-order valence-electron chi connectivity index (χ0n) is 20.2. The smallest absolute Gasteiger partial charge is 0.340 e. The van der Waals surface area contributed by atoms with E-state index in [1.54, 1.807) is 23.8 Å². The van der Waals surface area contributed by atoms with Gasteiger partial charge in [0.25, 0.3) is 5.91 Å². The summed E-state index contributed by atoms with van der Waals surface area (Å²) < 4.78 is 12.2. The summed E-state index contributed by atoms with van der Waals surface area (Å²) in [6.07, 6.45) is 1.79. The molecule has 0 aliphatic carbocycles. The third-order valence-electron chi connectivity index (χ3n) is 6.44. The van der Waals surface area contributed by atoms with Crippen molar-refractivity contribution in [3.05, 3.63) is 59.4 Å². The van der Waals surface area contributed by atoms with Gasteiger partial charge in [-0.15, -0.1) is 0 Å². The van der Waals surface area contributed by atoms with Crippen molar-refractivity contribution in [1.82, 2.24) is 19.8 Å². The van der Waals surface area contributed by atoms with Gasteiger partial charge in [0.1, 0.15) is 5.75 Å². The quantitative estimate of drug-likeness (QED) is 0.539. The van der Waals surface area contributed by atoms with Gasteiger partial charge in [0.15, 0.2) is 5.82 Å². The molecule has 2 heterocycles. The number of carbonyl (C=O) groups is 2. The normalized spacial score (nSPS) is 15.0. The zero-order valence-corrected chi connectivity index (χ0v) is 20.2. The molecule has 0 radical (unpaired) electrons. The van der Waals surface area contributed by atoms with Gasteiger partial charge in [-0.25, -0.2) is 9.78 Å². The number of nitrogens with one attached hydrogen (secondary N) is 1. The van der Waals surface area contributed by atoms with E-state index in [0.29, 0.717) is 29.2 Å². The number of hydrogen-bond donors (Lipinski definition) is 1. The molecule has 1 aromatic heterocycles. The van der Waals surface area contributed by atoms with Crippen LogP contribution in [0.1, 0.15) is 53.2 Å². The van der Waals surface area contributed by atoms with Crippen molar-refractivity contribution < 1.29 is 19.1 Å². The highest BCUT2D eigenvalue weighted by Crippen LogP contribution is 2.24. The van der Waals surface area contributed by atoms with Crippen LogP contribution < -0.4 is 10.1 Å². The second-order valence-electron chi connectivity index (χ2n) is 8.92. The number of likely N-dealkylation sites (tertiary alicyclic amines) is 1. The molecule has 180 valence electrons. The molecule has 0 atom stereocenters. The number of benzene rings is 2. The lowest BCUT2D eigenvalue weighted by molar-refractivity contribution is 0.0602. The fourth-order valence-electron chi connectivity index (χ4n) is 4.55. The number of methoxy groups -OCH3 is 2. The Morgan fingerprint density at radius 2 is 1.85 bits per heavy atom. The number of imidazole rings is 1. The van der Waals surface area contributed by atoms with Crippen LogP contribution in [0, 0.1) is 0 Å². The van der Waals surface area contributed by atoms with E-state index >= 15 is 0 Å². The van der Waals surface area contributed by atoms with Crippen LogP contribution in [0.25, 0.3) is 11.0 Å². The zero-order chi connectivity index (χ0) is 24.2. The molecular weight excluding hydrogens is 432 g/mol. The number of aromatic nitrogens is 2. The fourth-order valence-corrected chi connectivity index (χ4v) is 4.55. The lowest BCUT2D eigenvalue weighted by Gasteiger charge is -2.34. The van der Waals surface area contributed by atoms with E-state index in [-0.39, 0.29) is 17.8 Å². The van der Waals surface area contributed by atoms with Gasteiger partial charge < -0.3 is 24.3 Å². The lowest BCUT2D eigenvalue weighted by atomic mass is 10.0. The number of hydrogen-bond acceptors (Lipinski definition) is 6. The average molecular weight is 465 g/mol. The minimum atomic E-state index is -0.467. The van der Waals surface area contributed by atoms with Crippen molar-refractivity contribution >= 4 is 22.9 Å². The van der Waals surface area contributed by atoms with E-state index in [0.717, 1.165) is 37.2 Å². The Morgan fingerprint density at radius 3 is 2.53 bits per heavy atom. The fraction of sp³-hybridized carbons (Fsp3) is 0.423. The van der Waals surface area contributed by atoms with Crippen molar-refractivity contribution in [1.29, 1.82) is 0 Å². The molecule has 4 rings (SSSR count). The maximum Gasteiger partial charge on any atom is 0.340 e. The summed E-state index contributed by atoms with van der Waals surface area (Å²) in [6.45, 7) is 6.65. The van der Waals surface area contributed by atoms with Crippen LogP contribution in [0.2, 0.25) is 0 Å². The number of nitrogens with zero attached hydrogens (tertiary/aromatic N) is 3. The summed E-state index contributed by atoms with van der Waals surface area (Å²) in [6, 6.07) is 13.5. The minimum Gasteiger partial charge on any atom is -0.497 e. The first kappa shape index (κ1) is 23.8. The van der Waals surface area contributed by atoms with Crippen molar-refractivity contribution in [2.75, 3.05) is 27.3 Å².